The van der Waals surface area contributed by atoms with E-state index in [1.807, 2.05) is 11.5 Å². The maximum Gasteiger partial charge on any atom is 0.213 e. The van der Waals surface area contributed by atoms with Crippen molar-refractivity contribution >= 4 is 0 Å². The fourth-order valence-corrected chi connectivity index (χ4v) is 1.26. The molecule has 0 spiro atoms. The van der Waals surface area contributed by atoms with Crippen molar-refractivity contribution in [3.8, 4) is 0 Å². The first-order valence-electron chi connectivity index (χ1n) is 4.28. The summed E-state index contributed by atoms with van der Waals surface area (Å²) in [5.74, 6) is 0.616. The average molecular weight is 193 g/mol. The Morgan fingerprint density at radius 1 is 1.64 bits per heavy atom. The molecule has 74 valence electrons. The van der Waals surface area contributed by atoms with Crippen molar-refractivity contribution in [2.75, 3.05) is 0 Å². The van der Waals surface area contributed by atoms with E-state index in [1.165, 1.54) is 6.39 Å². The van der Waals surface area contributed by atoms with Crippen LogP contribution in [0.5, 0.6) is 0 Å². The Labute approximate surface area is 80.7 Å². The zero-order chi connectivity index (χ0) is 9.97. The van der Waals surface area contributed by atoms with Gasteiger partial charge in [-0.1, -0.05) is 5.16 Å². The molecule has 0 bridgehead atoms. The first-order chi connectivity index (χ1) is 6.77. The van der Waals surface area contributed by atoms with Gasteiger partial charge in [0.15, 0.2) is 5.82 Å². The lowest BCUT2D eigenvalue weighted by molar-refractivity contribution is 0.407. The normalized spacial score (nSPS) is 13.0. The number of nitrogens with two attached hydrogens (primary N) is 1. The summed E-state index contributed by atoms with van der Waals surface area (Å²) in [6.45, 7) is 2.44. The Morgan fingerprint density at radius 3 is 3.14 bits per heavy atom. The Balaban J connectivity index is 2.21. The predicted octanol–water partition coefficient (Wildman–Crippen LogP) is 0.334. The van der Waals surface area contributed by atoms with Crippen LogP contribution in [0.1, 0.15) is 24.5 Å². The van der Waals surface area contributed by atoms with Crippen LogP contribution in [-0.4, -0.2) is 19.7 Å². The molecule has 0 unspecified atom stereocenters. The van der Waals surface area contributed by atoms with Gasteiger partial charge in [-0.15, -0.1) is 0 Å². The van der Waals surface area contributed by atoms with Crippen LogP contribution in [0.15, 0.2) is 23.4 Å². The second-order valence-electron chi connectivity index (χ2n) is 3.08. The van der Waals surface area contributed by atoms with Crippen LogP contribution in [0.4, 0.5) is 0 Å². The maximum atomic E-state index is 5.76. The molecule has 0 aromatic carbocycles. The molecule has 2 aromatic rings. The highest BCUT2D eigenvalue weighted by atomic mass is 16.5. The molecule has 6 nitrogen and oxygen atoms in total. The Morgan fingerprint density at radius 2 is 2.50 bits per heavy atom. The van der Waals surface area contributed by atoms with Gasteiger partial charge in [0.05, 0.1) is 18.6 Å². The van der Waals surface area contributed by atoms with E-state index in [-0.39, 0.29) is 6.04 Å². The number of rotatable bonds is 3. The Bertz CT molecular complexity index is 392. The van der Waals surface area contributed by atoms with Gasteiger partial charge in [-0.25, -0.2) is 4.98 Å². The minimum Gasteiger partial charge on any atom is -0.343 e. The lowest BCUT2D eigenvalue weighted by Crippen LogP contribution is -2.12. The Hall–Kier alpha value is -1.69. The first-order valence-corrected chi connectivity index (χ1v) is 4.28. The smallest absolute Gasteiger partial charge is 0.213 e. The third-order valence-corrected chi connectivity index (χ3v) is 1.93. The molecular formula is C8H11N5O. The van der Waals surface area contributed by atoms with E-state index in [4.69, 9.17) is 5.73 Å². The standard InChI is InChI=1S/C8H11N5O/c1-6(9)7-2-10-4-13(7)3-8-11-5-14-12-8/h2,4-6H,3,9H2,1H3/t6-/m0/s1. The van der Waals surface area contributed by atoms with Gasteiger partial charge in [-0.2, -0.15) is 4.98 Å². The molecule has 0 amide bonds. The maximum absolute atomic E-state index is 5.76. The summed E-state index contributed by atoms with van der Waals surface area (Å²) < 4.78 is 6.54. The molecule has 0 aliphatic rings. The molecule has 0 aliphatic carbocycles. The van der Waals surface area contributed by atoms with Crippen LogP contribution < -0.4 is 5.73 Å². The summed E-state index contributed by atoms with van der Waals surface area (Å²) in [5, 5.41) is 3.72. The van der Waals surface area contributed by atoms with Crippen LogP contribution >= 0.6 is 0 Å². The van der Waals surface area contributed by atoms with Gasteiger partial charge in [-0.05, 0) is 6.92 Å². The van der Waals surface area contributed by atoms with Crippen molar-refractivity contribution in [3.63, 3.8) is 0 Å². The topological polar surface area (TPSA) is 82.8 Å². The predicted molar refractivity (Wildman–Crippen MR) is 48.2 cm³/mol. The van der Waals surface area contributed by atoms with Crippen molar-refractivity contribution in [1.29, 1.82) is 0 Å². The molecule has 1 atom stereocenters. The zero-order valence-corrected chi connectivity index (χ0v) is 7.79. The first kappa shape index (κ1) is 8.89. The van der Waals surface area contributed by atoms with E-state index in [2.05, 4.69) is 19.6 Å². The number of hydrogen-bond acceptors (Lipinski definition) is 5. The van der Waals surface area contributed by atoms with E-state index in [9.17, 15) is 0 Å². The van der Waals surface area contributed by atoms with Crippen LogP contribution in [0.3, 0.4) is 0 Å². The SMILES string of the molecule is C[C@H](N)c1cncn1Cc1ncon1. The fraction of sp³-hybridized carbons (Fsp3) is 0.375. The van der Waals surface area contributed by atoms with Gasteiger partial charge in [0, 0.05) is 12.2 Å². The number of nitrogens with zero attached hydrogens (tertiary/aromatic N) is 4. The number of hydrogen-bond donors (Lipinski definition) is 1. The zero-order valence-electron chi connectivity index (χ0n) is 7.79. The Kier molecular flexibility index (Phi) is 2.28. The van der Waals surface area contributed by atoms with E-state index in [1.54, 1.807) is 12.5 Å². The summed E-state index contributed by atoms with van der Waals surface area (Å²) in [6, 6.07) is -0.0515. The van der Waals surface area contributed by atoms with Gasteiger partial charge < -0.3 is 14.8 Å². The van der Waals surface area contributed by atoms with Gasteiger partial charge in [0.25, 0.3) is 0 Å². The molecule has 14 heavy (non-hydrogen) atoms. The highest BCUT2D eigenvalue weighted by Gasteiger charge is 2.08. The quantitative estimate of drug-likeness (QED) is 0.759. The summed E-state index contributed by atoms with van der Waals surface area (Å²) in [4.78, 5) is 7.95. The highest BCUT2D eigenvalue weighted by molar-refractivity contribution is 5.04. The van der Waals surface area contributed by atoms with Crippen molar-refractivity contribution in [2.24, 2.45) is 5.73 Å². The van der Waals surface area contributed by atoms with E-state index in [0.717, 1.165) is 5.69 Å². The van der Waals surface area contributed by atoms with E-state index in [0.29, 0.717) is 12.4 Å². The highest BCUT2D eigenvalue weighted by Crippen LogP contribution is 2.09. The molecule has 2 heterocycles. The summed E-state index contributed by atoms with van der Waals surface area (Å²) in [5.41, 5.74) is 6.72. The van der Waals surface area contributed by atoms with Gasteiger partial charge >= 0.3 is 0 Å². The largest absolute Gasteiger partial charge is 0.343 e. The second-order valence-corrected chi connectivity index (χ2v) is 3.08. The number of aromatic nitrogens is 4. The molecule has 2 aromatic heterocycles. The van der Waals surface area contributed by atoms with Crippen LogP contribution in [-0.2, 0) is 6.54 Å². The van der Waals surface area contributed by atoms with Crippen molar-refractivity contribution in [1.82, 2.24) is 19.7 Å². The minimum absolute atomic E-state index is 0.0515. The lowest BCUT2D eigenvalue weighted by atomic mass is 10.3. The van der Waals surface area contributed by atoms with Crippen LogP contribution in [0.25, 0.3) is 0 Å². The molecule has 0 saturated heterocycles. The number of imidazole rings is 1. The third kappa shape index (κ3) is 1.64. The van der Waals surface area contributed by atoms with Gasteiger partial charge in [0.2, 0.25) is 6.39 Å². The fourth-order valence-electron chi connectivity index (χ4n) is 1.26. The molecule has 0 aliphatic heterocycles. The summed E-state index contributed by atoms with van der Waals surface area (Å²) in [6.07, 6.45) is 4.75. The van der Waals surface area contributed by atoms with E-state index < -0.39 is 0 Å². The lowest BCUT2D eigenvalue weighted by Gasteiger charge is -2.07. The molecule has 6 heteroatoms. The van der Waals surface area contributed by atoms with Gasteiger partial charge in [0.1, 0.15) is 0 Å². The molecule has 2 N–H and O–H groups in total. The molecule has 2 rings (SSSR count). The van der Waals surface area contributed by atoms with Crippen LogP contribution in [0.2, 0.25) is 0 Å². The van der Waals surface area contributed by atoms with Crippen molar-refractivity contribution in [3.05, 3.63) is 30.4 Å². The average Bonchev–Trinajstić information content (AvgIpc) is 2.75. The third-order valence-electron chi connectivity index (χ3n) is 1.93. The van der Waals surface area contributed by atoms with E-state index >= 15 is 0 Å². The molecule has 0 fully saturated rings. The minimum atomic E-state index is -0.0515. The molecule has 0 saturated carbocycles. The monoisotopic (exact) mass is 193 g/mol. The molecular weight excluding hydrogens is 182 g/mol. The summed E-state index contributed by atoms with van der Waals surface area (Å²) in [7, 11) is 0. The van der Waals surface area contributed by atoms with Gasteiger partial charge in [-0.3, -0.25) is 0 Å². The van der Waals surface area contributed by atoms with Crippen molar-refractivity contribution in [2.45, 2.75) is 19.5 Å². The molecule has 0 radical (unpaired) electrons. The second kappa shape index (κ2) is 3.59. The van der Waals surface area contributed by atoms with Crippen LogP contribution in [0, 0.1) is 0 Å². The summed E-state index contributed by atoms with van der Waals surface area (Å²) >= 11 is 0. The van der Waals surface area contributed by atoms with Crippen molar-refractivity contribution < 1.29 is 4.52 Å².